The van der Waals surface area contributed by atoms with E-state index in [0.29, 0.717) is 55.4 Å². The Morgan fingerprint density at radius 1 is 1.13 bits per heavy atom. The third-order valence-electron chi connectivity index (χ3n) is 4.83. The fraction of sp³-hybridized carbons (Fsp3) is 0.429. The number of likely N-dealkylation sites (N-methyl/N-ethyl adjacent to an activating group) is 1. The monoisotopic (exact) mass is 484 g/mol. The van der Waals surface area contributed by atoms with E-state index in [1.54, 1.807) is 18.2 Å². The molecule has 0 aliphatic rings. The first-order chi connectivity index (χ1) is 14.9. The molecule has 0 aliphatic heterocycles. The Morgan fingerprint density at radius 2 is 1.87 bits per heavy atom. The third-order valence-corrected chi connectivity index (χ3v) is 6.50. The molecule has 1 aromatic carbocycles. The molecule has 0 radical (unpaired) electrons. The van der Waals surface area contributed by atoms with Gasteiger partial charge >= 0.3 is 0 Å². The van der Waals surface area contributed by atoms with Crippen molar-refractivity contribution < 1.29 is 14.6 Å². The summed E-state index contributed by atoms with van der Waals surface area (Å²) < 4.78 is 11.2. The van der Waals surface area contributed by atoms with E-state index in [9.17, 15) is 5.11 Å². The molecule has 31 heavy (non-hydrogen) atoms. The Bertz CT molecular complexity index is 1040. The second-order valence-electron chi connectivity index (χ2n) is 6.74. The molecule has 1 unspecified atom stereocenters. The molecule has 3 rings (SSSR count). The largest absolute Gasteiger partial charge is 0.491 e. The van der Waals surface area contributed by atoms with Gasteiger partial charge in [-0.2, -0.15) is 0 Å². The summed E-state index contributed by atoms with van der Waals surface area (Å²) in [7, 11) is 0. The lowest BCUT2D eigenvalue weighted by Crippen LogP contribution is -2.27. The molecular formula is C21H26Cl2N4O3S. The van der Waals surface area contributed by atoms with Gasteiger partial charge in [-0.1, -0.05) is 37.0 Å². The van der Waals surface area contributed by atoms with Crippen molar-refractivity contribution in [1.82, 2.24) is 14.9 Å². The normalized spacial score (nSPS) is 12.6. The number of rotatable bonds is 10. The van der Waals surface area contributed by atoms with Gasteiger partial charge in [-0.05, 0) is 38.2 Å². The standard InChI is InChI=1S/C21H26Cl2N4O3S/c1-4-27(5-2)7-8-30-16-9-12(14(22)11-15(16)23)18-13-10-17(20(28)29-6-3)31-19(13)26-21(24)25-18/h9-11,20,28H,4-8H2,1-3H3,(H2,24,25,26). The van der Waals surface area contributed by atoms with Crippen LogP contribution in [0.4, 0.5) is 5.95 Å². The summed E-state index contributed by atoms with van der Waals surface area (Å²) in [6.45, 7) is 9.60. The summed E-state index contributed by atoms with van der Waals surface area (Å²) in [4.78, 5) is 12.2. The number of aliphatic hydroxyl groups is 1. The minimum absolute atomic E-state index is 0.108. The van der Waals surface area contributed by atoms with Crippen LogP contribution in [0.25, 0.3) is 21.5 Å². The number of ether oxygens (including phenoxy) is 2. The Balaban J connectivity index is 1.99. The molecule has 7 nitrogen and oxygen atoms in total. The number of aromatic nitrogens is 2. The van der Waals surface area contributed by atoms with Gasteiger partial charge < -0.3 is 25.2 Å². The van der Waals surface area contributed by atoms with Crippen LogP contribution in [0.1, 0.15) is 31.9 Å². The number of thiophene rings is 1. The summed E-state index contributed by atoms with van der Waals surface area (Å²) in [5.74, 6) is 0.625. The van der Waals surface area contributed by atoms with Crippen LogP contribution in [0.5, 0.6) is 5.75 Å². The zero-order chi connectivity index (χ0) is 22.5. The minimum Gasteiger partial charge on any atom is -0.491 e. The van der Waals surface area contributed by atoms with Crippen molar-refractivity contribution in [2.24, 2.45) is 0 Å². The van der Waals surface area contributed by atoms with Crippen molar-refractivity contribution in [3.8, 4) is 17.0 Å². The van der Waals surface area contributed by atoms with E-state index in [1.807, 2.05) is 6.92 Å². The second kappa shape index (κ2) is 10.8. The fourth-order valence-electron chi connectivity index (χ4n) is 3.17. The van der Waals surface area contributed by atoms with E-state index in [0.717, 1.165) is 19.6 Å². The molecule has 0 saturated heterocycles. The Morgan fingerprint density at radius 3 is 2.55 bits per heavy atom. The minimum atomic E-state index is -1.04. The van der Waals surface area contributed by atoms with Gasteiger partial charge in [0, 0.05) is 24.1 Å². The topological polar surface area (TPSA) is 93.7 Å². The molecule has 1 atom stereocenters. The number of nitrogens with two attached hydrogens (primary N) is 1. The maximum absolute atomic E-state index is 10.2. The summed E-state index contributed by atoms with van der Waals surface area (Å²) in [5.41, 5.74) is 7.12. The number of benzene rings is 1. The summed E-state index contributed by atoms with van der Waals surface area (Å²) in [6, 6.07) is 5.20. The Labute approximate surface area is 195 Å². The number of hydrogen-bond acceptors (Lipinski definition) is 8. The Hall–Kier alpha value is -1.68. The number of nitrogens with zero attached hydrogens (tertiary/aromatic N) is 3. The smallest absolute Gasteiger partial charge is 0.221 e. The fourth-order valence-corrected chi connectivity index (χ4v) is 4.67. The highest BCUT2D eigenvalue weighted by Crippen LogP contribution is 2.41. The number of hydrogen-bond donors (Lipinski definition) is 2. The number of anilines is 1. The van der Waals surface area contributed by atoms with E-state index in [1.165, 1.54) is 11.3 Å². The summed E-state index contributed by atoms with van der Waals surface area (Å²) in [5, 5.41) is 11.8. The first-order valence-corrected chi connectivity index (χ1v) is 11.7. The zero-order valence-corrected chi connectivity index (χ0v) is 20.0. The molecule has 2 heterocycles. The van der Waals surface area contributed by atoms with Gasteiger partial charge in [0.1, 0.15) is 17.2 Å². The van der Waals surface area contributed by atoms with E-state index >= 15 is 0 Å². The van der Waals surface area contributed by atoms with Gasteiger partial charge in [0.2, 0.25) is 5.95 Å². The van der Waals surface area contributed by atoms with Gasteiger partial charge in [-0.25, -0.2) is 9.97 Å². The highest BCUT2D eigenvalue weighted by Gasteiger charge is 2.20. The van der Waals surface area contributed by atoms with Crippen molar-refractivity contribution in [1.29, 1.82) is 0 Å². The molecule has 0 amide bonds. The maximum atomic E-state index is 10.2. The first-order valence-electron chi connectivity index (χ1n) is 10.1. The van der Waals surface area contributed by atoms with Gasteiger partial charge in [0.25, 0.3) is 0 Å². The van der Waals surface area contributed by atoms with Crippen LogP contribution in [0.3, 0.4) is 0 Å². The van der Waals surface area contributed by atoms with Gasteiger partial charge in [0.15, 0.2) is 6.29 Å². The average Bonchev–Trinajstić information content (AvgIpc) is 3.16. The number of fused-ring (bicyclic) bond motifs is 1. The van der Waals surface area contributed by atoms with Crippen molar-refractivity contribution in [3.63, 3.8) is 0 Å². The first kappa shape index (κ1) is 24.0. The van der Waals surface area contributed by atoms with E-state index in [4.69, 9.17) is 38.4 Å². The third kappa shape index (κ3) is 5.58. The van der Waals surface area contributed by atoms with Crippen LogP contribution in [-0.2, 0) is 4.74 Å². The second-order valence-corrected chi connectivity index (χ2v) is 8.62. The summed E-state index contributed by atoms with van der Waals surface area (Å²) >= 11 is 14.2. The quantitative estimate of drug-likeness (QED) is 0.391. The number of nitrogen functional groups attached to an aromatic ring is 1. The van der Waals surface area contributed by atoms with Gasteiger partial charge in [-0.3, -0.25) is 0 Å². The van der Waals surface area contributed by atoms with E-state index in [-0.39, 0.29) is 5.95 Å². The van der Waals surface area contributed by atoms with Crippen LogP contribution in [0.15, 0.2) is 18.2 Å². The summed E-state index contributed by atoms with van der Waals surface area (Å²) in [6.07, 6.45) is -1.04. The molecule has 168 valence electrons. The molecule has 0 bridgehead atoms. The molecule has 3 aromatic rings. The highest BCUT2D eigenvalue weighted by atomic mass is 35.5. The van der Waals surface area contributed by atoms with E-state index in [2.05, 4.69) is 28.7 Å². The van der Waals surface area contributed by atoms with Crippen molar-refractivity contribution >= 4 is 50.7 Å². The maximum Gasteiger partial charge on any atom is 0.221 e. The molecule has 0 aliphatic carbocycles. The van der Waals surface area contributed by atoms with Crippen LogP contribution >= 0.6 is 34.5 Å². The van der Waals surface area contributed by atoms with E-state index < -0.39 is 6.29 Å². The zero-order valence-electron chi connectivity index (χ0n) is 17.7. The molecule has 10 heteroatoms. The van der Waals surface area contributed by atoms with Gasteiger partial charge in [0.05, 0.1) is 20.6 Å². The van der Waals surface area contributed by atoms with Crippen molar-refractivity contribution in [2.45, 2.75) is 27.1 Å². The molecule has 0 saturated carbocycles. The van der Waals surface area contributed by atoms with Crippen molar-refractivity contribution in [2.75, 3.05) is 38.6 Å². The predicted molar refractivity (Wildman–Crippen MR) is 127 cm³/mol. The van der Waals surface area contributed by atoms with Crippen molar-refractivity contribution in [3.05, 3.63) is 33.1 Å². The molecule has 3 N–H and O–H groups in total. The van der Waals surface area contributed by atoms with Crippen LogP contribution < -0.4 is 10.5 Å². The molecule has 0 fully saturated rings. The predicted octanol–water partition coefficient (Wildman–Crippen LogP) is 5.00. The lowest BCUT2D eigenvalue weighted by atomic mass is 10.1. The number of aliphatic hydroxyl groups excluding tert-OH is 1. The molecular weight excluding hydrogens is 459 g/mol. The van der Waals surface area contributed by atoms with Gasteiger partial charge in [-0.15, -0.1) is 11.3 Å². The van der Waals surface area contributed by atoms with Crippen LogP contribution in [0, 0.1) is 0 Å². The van der Waals surface area contributed by atoms with Crippen LogP contribution in [-0.4, -0.2) is 52.8 Å². The Kier molecular flexibility index (Phi) is 8.32. The SMILES string of the molecule is CCOC(O)c1cc2c(-c3cc(OCCN(CC)CC)c(Cl)cc3Cl)nc(N)nc2s1. The van der Waals surface area contributed by atoms with Crippen LogP contribution in [0.2, 0.25) is 10.0 Å². The molecule has 2 aromatic heterocycles. The molecule has 0 spiro atoms. The highest BCUT2D eigenvalue weighted by molar-refractivity contribution is 7.18. The lowest BCUT2D eigenvalue weighted by molar-refractivity contribution is -0.0954. The lowest BCUT2D eigenvalue weighted by Gasteiger charge is -2.19. The average molecular weight is 485 g/mol. The number of halogens is 2.